The molecule has 0 N–H and O–H groups in total. The third-order valence-corrected chi connectivity index (χ3v) is 6.03. The monoisotopic (exact) mass is 360 g/mol. The van der Waals surface area contributed by atoms with Crippen molar-refractivity contribution in [3.63, 3.8) is 0 Å². The van der Waals surface area contributed by atoms with Crippen LogP contribution in [0.15, 0.2) is 24.3 Å². The van der Waals surface area contributed by atoms with Gasteiger partial charge in [0.15, 0.2) is 0 Å². The van der Waals surface area contributed by atoms with E-state index in [0.717, 1.165) is 30.6 Å². The molecule has 1 saturated carbocycles. The fourth-order valence-corrected chi connectivity index (χ4v) is 3.65. The van der Waals surface area contributed by atoms with Crippen molar-refractivity contribution in [2.75, 3.05) is 7.11 Å². The number of benzene rings is 1. The van der Waals surface area contributed by atoms with Crippen LogP contribution < -0.4 is 4.74 Å². The van der Waals surface area contributed by atoms with Gasteiger partial charge < -0.3 is 18.8 Å². The van der Waals surface area contributed by atoms with Gasteiger partial charge in [0.25, 0.3) is 0 Å². The lowest BCUT2D eigenvalue weighted by atomic mass is 9.66. The molecule has 0 radical (unpaired) electrons. The van der Waals surface area contributed by atoms with Gasteiger partial charge in [-0.15, -0.1) is 0 Å². The summed E-state index contributed by atoms with van der Waals surface area (Å²) in [6.45, 7) is 8.44. The number of carbonyl (C=O) groups is 1. The summed E-state index contributed by atoms with van der Waals surface area (Å²) < 4.78 is 23.1. The molecule has 1 aromatic carbocycles. The van der Waals surface area contributed by atoms with Crippen molar-refractivity contribution >= 4 is 13.1 Å². The Kier molecular flexibility index (Phi) is 5.36. The van der Waals surface area contributed by atoms with Crippen molar-refractivity contribution in [1.29, 1.82) is 0 Å². The molecule has 26 heavy (non-hydrogen) atoms. The van der Waals surface area contributed by atoms with Gasteiger partial charge in [-0.1, -0.05) is 25.0 Å². The fraction of sp³-hybridized carbons (Fsp3) is 0.650. The molecule has 0 spiro atoms. The van der Waals surface area contributed by atoms with Crippen molar-refractivity contribution in [3.05, 3.63) is 29.8 Å². The molecule has 1 heterocycles. The van der Waals surface area contributed by atoms with Crippen LogP contribution in [-0.4, -0.2) is 31.4 Å². The van der Waals surface area contributed by atoms with Crippen molar-refractivity contribution in [2.45, 2.75) is 70.6 Å². The number of hydrogen-bond acceptors (Lipinski definition) is 5. The van der Waals surface area contributed by atoms with Crippen LogP contribution in [0.2, 0.25) is 5.82 Å². The quantitative estimate of drug-likeness (QED) is 0.587. The number of esters is 1. The minimum Gasteiger partial charge on any atom is -0.497 e. The SMILES string of the molecule is COc1ccc(COC(=O)[C@@H]2CCC[C@@H]2B2OC(C)(C)C(C)(C)O2)cc1. The minimum absolute atomic E-state index is 0.0550. The van der Waals surface area contributed by atoms with Crippen LogP contribution in [-0.2, 0) is 25.4 Å². The highest BCUT2D eigenvalue weighted by atomic mass is 16.7. The molecule has 142 valence electrons. The van der Waals surface area contributed by atoms with Gasteiger partial charge in [-0.05, 0) is 51.8 Å². The Bertz CT molecular complexity index is 624. The number of hydrogen-bond donors (Lipinski definition) is 0. The zero-order valence-electron chi connectivity index (χ0n) is 16.4. The topological polar surface area (TPSA) is 54.0 Å². The largest absolute Gasteiger partial charge is 0.497 e. The molecule has 0 aromatic heterocycles. The van der Waals surface area contributed by atoms with Crippen LogP contribution in [0, 0.1) is 5.92 Å². The maximum atomic E-state index is 12.7. The van der Waals surface area contributed by atoms with Gasteiger partial charge in [0.1, 0.15) is 12.4 Å². The summed E-state index contributed by atoms with van der Waals surface area (Å²) in [4.78, 5) is 12.7. The Hall–Kier alpha value is -1.53. The minimum atomic E-state index is -0.377. The van der Waals surface area contributed by atoms with E-state index >= 15 is 0 Å². The first kappa shape index (κ1) is 19.2. The van der Waals surface area contributed by atoms with E-state index in [9.17, 15) is 4.79 Å². The van der Waals surface area contributed by atoms with Gasteiger partial charge >= 0.3 is 13.1 Å². The van der Waals surface area contributed by atoms with E-state index in [0.29, 0.717) is 0 Å². The molecule has 2 fully saturated rings. The molecule has 0 amide bonds. The third-order valence-electron chi connectivity index (χ3n) is 6.03. The van der Waals surface area contributed by atoms with Gasteiger partial charge in [-0.3, -0.25) is 4.79 Å². The second-order valence-electron chi connectivity index (χ2n) is 8.28. The molecule has 1 saturated heterocycles. The summed E-state index contributed by atoms with van der Waals surface area (Å²) in [7, 11) is 1.28. The summed E-state index contributed by atoms with van der Waals surface area (Å²) in [6, 6.07) is 7.55. The first-order valence-electron chi connectivity index (χ1n) is 9.39. The molecule has 5 nitrogen and oxygen atoms in total. The molecular formula is C20H29BO5. The van der Waals surface area contributed by atoms with E-state index in [-0.39, 0.29) is 42.6 Å². The standard InChI is InChI=1S/C20H29BO5/c1-19(2)20(3,4)26-21(25-19)17-8-6-7-16(17)18(22)24-13-14-9-11-15(23-5)12-10-14/h9-12,16-17H,6-8,13H2,1-5H3/t16-,17+/m1/s1. The Morgan fingerprint density at radius 2 is 1.73 bits per heavy atom. The second-order valence-corrected chi connectivity index (χ2v) is 8.28. The van der Waals surface area contributed by atoms with E-state index in [1.807, 2.05) is 52.0 Å². The zero-order valence-corrected chi connectivity index (χ0v) is 16.4. The highest BCUT2D eigenvalue weighted by Gasteiger charge is 2.56. The molecule has 1 aromatic rings. The first-order valence-corrected chi connectivity index (χ1v) is 9.39. The maximum absolute atomic E-state index is 12.7. The summed E-state index contributed by atoms with van der Waals surface area (Å²) in [5.41, 5.74) is 0.194. The van der Waals surface area contributed by atoms with Gasteiger partial charge in [-0.2, -0.15) is 0 Å². The lowest BCUT2D eigenvalue weighted by Crippen LogP contribution is -2.41. The molecule has 1 aliphatic carbocycles. The van der Waals surface area contributed by atoms with E-state index in [1.54, 1.807) is 7.11 Å². The van der Waals surface area contributed by atoms with Crippen molar-refractivity contribution < 1.29 is 23.6 Å². The lowest BCUT2D eigenvalue weighted by molar-refractivity contribution is -0.149. The van der Waals surface area contributed by atoms with Gasteiger partial charge in [0.2, 0.25) is 0 Å². The van der Waals surface area contributed by atoms with Crippen molar-refractivity contribution in [3.8, 4) is 5.75 Å². The highest BCUT2D eigenvalue weighted by Crippen LogP contribution is 2.47. The second kappa shape index (κ2) is 7.24. The van der Waals surface area contributed by atoms with E-state index in [4.69, 9.17) is 18.8 Å². The number of rotatable bonds is 5. The fourth-order valence-electron chi connectivity index (χ4n) is 3.65. The molecule has 0 unspecified atom stereocenters. The Morgan fingerprint density at radius 1 is 1.12 bits per heavy atom. The van der Waals surface area contributed by atoms with Crippen molar-refractivity contribution in [2.24, 2.45) is 5.92 Å². The normalized spacial score (nSPS) is 26.7. The van der Waals surface area contributed by atoms with Crippen LogP contribution in [0.1, 0.15) is 52.5 Å². The van der Waals surface area contributed by atoms with Crippen LogP contribution in [0.3, 0.4) is 0 Å². The maximum Gasteiger partial charge on any atom is 0.462 e. The van der Waals surface area contributed by atoms with E-state index in [2.05, 4.69) is 0 Å². The lowest BCUT2D eigenvalue weighted by Gasteiger charge is -2.32. The molecular weight excluding hydrogens is 331 g/mol. The zero-order chi connectivity index (χ0) is 18.9. The smallest absolute Gasteiger partial charge is 0.462 e. The Balaban J connectivity index is 1.60. The number of carbonyl (C=O) groups excluding carboxylic acids is 1. The summed E-state index contributed by atoms with van der Waals surface area (Å²) in [6.07, 6.45) is 2.76. The van der Waals surface area contributed by atoms with Gasteiger partial charge in [0, 0.05) is 5.82 Å². The molecule has 1 aliphatic heterocycles. The number of ether oxygens (including phenoxy) is 2. The van der Waals surface area contributed by atoms with E-state index < -0.39 is 0 Å². The molecule has 2 atom stereocenters. The predicted molar refractivity (Wildman–Crippen MR) is 100.0 cm³/mol. The molecule has 2 aliphatic rings. The average molecular weight is 360 g/mol. The number of methoxy groups -OCH3 is 1. The van der Waals surface area contributed by atoms with Gasteiger partial charge in [-0.25, -0.2) is 0 Å². The molecule has 0 bridgehead atoms. The summed E-state index contributed by atoms with van der Waals surface area (Å²) >= 11 is 0. The van der Waals surface area contributed by atoms with Crippen molar-refractivity contribution in [1.82, 2.24) is 0 Å². The average Bonchev–Trinajstić information content (AvgIpc) is 3.16. The van der Waals surface area contributed by atoms with Crippen LogP contribution >= 0.6 is 0 Å². The highest BCUT2D eigenvalue weighted by molar-refractivity contribution is 6.48. The Morgan fingerprint density at radius 3 is 2.31 bits per heavy atom. The predicted octanol–water partition coefficient (Wildman–Crippen LogP) is 4.00. The Labute approximate surface area is 156 Å². The third kappa shape index (κ3) is 3.76. The molecule has 6 heteroatoms. The first-order chi connectivity index (χ1) is 12.2. The molecule has 3 rings (SSSR count). The van der Waals surface area contributed by atoms with Crippen LogP contribution in [0.4, 0.5) is 0 Å². The summed E-state index contributed by atoms with van der Waals surface area (Å²) in [5.74, 6) is 0.525. The van der Waals surface area contributed by atoms with Gasteiger partial charge in [0.05, 0.1) is 24.2 Å². The van der Waals surface area contributed by atoms with E-state index in [1.165, 1.54) is 0 Å². The van der Waals surface area contributed by atoms with Crippen LogP contribution in [0.5, 0.6) is 5.75 Å². The van der Waals surface area contributed by atoms with Crippen LogP contribution in [0.25, 0.3) is 0 Å². The summed E-state index contributed by atoms with van der Waals surface area (Å²) in [5, 5.41) is 0.